The van der Waals surface area contributed by atoms with Gasteiger partial charge in [0.15, 0.2) is 4.77 Å². The first-order valence-corrected chi connectivity index (χ1v) is 7.03. The summed E-state index contributed by atoms with van der Waals surface area (Å²) in [5.74, 6) is 0.219. The predicted octanol–water partition coefficient (Wildman–Crippen LogP) is 3.79. The van der Waals surface area contributed by atoms with Gasteiger partial charge in [0, 0.05) is 41.8 Å². The van der Waals surface area contributed by atoms with E-state index in [-0.39, 0.29) is 11.2 Å². The van der Waals surface area contributed by atoms with Gasteiger partial charge in [-0.15, -0.1) is 0 Å². The van der Waals surface area contributed by atoms with Crippen LogP contribution in [0.5, 0.6) is 0 Å². The quantitative estimate of drug-likeness (QED) is 0.728. The first-order chi connectivity index (χ1) is 9.03. The van der Waals surface area contributed by atoms with Crippen molar-refractivity contribution in [3.8, 4) is 0 Å². The molecule has 1 aromatic carbocycles. The van der Waals surface area contributed by atoms with Crippen molar-refractivity contribution in [1.29, 1.82) is 0 Å². The van der Waals surface area contributed by atoms with Crippen LogP contribution in [0.25, 0.3) is 0 Å². The zero-order valence-electron chi connectivity index (χ0n) is 10.4. The summed E-state index contributed by atoms with van der Waals surface area (Å²) in [4.78, 5) is 0. The minimum Gasteiger partial charge on any atom is -0.327 e. The first kappa shape index (κ1) is 11.7. The molecule has 4 rings (SSSR count). The molecule has 2 atom stereocenters. The van der Waals surface area contributed by atoms with Gasteiger partial charge in [-0.2, -0.15) is 0 Å². The number of halogens is 2. The largest absolute Gasteiger partial charge is 0.327 e. The van der Waals surface area contributed by atoms with E-state index in [4.69, 9.17) is 23.8 Å². The van der Waals surface area contributed by atoms with E-state index in [9.17, 15) is 4.39 Å². The fourth-order valence-electron chi connectivity index (χ4n) is 3.47. The Bertz CT molecular complexity index is 763. The maximum atomic E-state index is 14.1. The lowest BCUT2D eigenvalue weighted by atomic mass is 9.94. The summed E-state index contributed by atoms with van der Waals surface area (Å²) < 4.78 is 19.0. The number of hydrogen-bond donors (Lipinski definition) is 0. The van der Waals surface area contributed by atoms with Crippen LogP contribution in [-0.2, 0) is 19.0 Å². The molecular formula is C14H12ClFN2S. The second-order valence-corrected chi connectivity index (χ2v) is 6.37. The Kier molecular flexibility index (Phi) is 2.15. The fourth-order valence-corrected chi connectivity index (χ4v) is 3.87. The third-order valence-electron chi connectivity index (χ3n) is 4.51. The molecule has 0 amide bonds. The standard InChI is InChI=1S/C14H12ClFN2S/c1-17-6-12-10-5-14(10,7-18(12)13(17)19)9-4-8(15)2-3-11(9)16/h2-4,6,10H,5,7H2,1H3/t10-,14+/m0/s1. The second kappa shape index (κ2) is 3.49. The summed E-state index contributed by atoms with van der Waals surface area (Å²) in [5, 5.41) is 0.595. The normalized spacial score (nSPS) is 27.2. The number of fused-ring (bicyclic) bond motifs is 3. The molecule has 0 radical (unpaired) electrons. The van der Waals surface area contributed by atoms with Crippen molar-refractivity contribution in [1.82, 2.24) is 9.13 Å². The highest BCUT2D eigenvalue weighted by molar-refractivity contribution is 7.71. The summed E-state index contributed by atoms with van der Waals surface area (Å²) in [6.45, 7) is 0.768. The van der Waals surface area contributed by atoms with E-state index in [1.54, 1.807) is 12.1 Å². The van der Waals surface area contributed by atoms with E-state index >= 15 is 0 Å². The zero-order chi connectivity index (χ0) is 13.4. The Balaban J connectivity index is 1.85. The molecule has 0 spiro atoms. The maximum absolute atomic E-state index is 14.1. The summed E-state index contributed by atoms with van der Waals surface area (Å²) >= 11 is 11.4. The molecule has 0 bridgehead atoms. The van der Waals surface area contributed by atoms with Gasteiger partial charge in [0.1, 0.15) is 5.82 Å². The molecular weight excluding hydrogens is 283 g/mol. The molecule has 1 aliphatic carbocycles. The highest BCUT2D eigenvalue weighted by atomic mass is 35.5. The van der Waals surface area contributed by atoms with Crippen LogP contribution in [0, 0.1) is 10.6 Å². The van der Waals surface area contributed by atoms with Gasteiger partial charge in [-0.25, -0.2) is 4.39 Å². The van der Waals surface area contributed by atoms with Crippen molar-refractivity contribution < 1.29 is 4.39 Å². The van der Waals surface area contributed by atoms with E-state index in [2.05, 4.69) is 10.8 Å². The average Bonchev–Trinajstić information content (AvgIpc) is 2.93. The van der Waals surface area contributed by atoms with E-state index in [1.807, 2.05) is 11.6 Å². The molecule has 1 fully saturated rings. The maximum Gasteiger partial charge on any atom is 0.179 e. The van der Waals surface area contributed by atoms with E-state index in [1.165, 1.54) is 11.8 Å². The van der Waals surface area contributed by atoms with Crippen molar-refractivity contribution in [2.75, 3.05) is 0 Å². The SMILES string of the molecule is Cn1cc2n(c1=S)C[C@@]1(c3cc(Cl)ccc3F)C[C@@H]21. The van der Waals surface area contributed by atoms with Crippen LogP contribution in [0.3, 0.4) is 0 Å². The second-order valence-electron chi connectivity index (χ2n) is 5.57. The van der Waals surface area contributed by atoms with Crippen LogP contribution >= 0.6 is 23.8 Å². The number of aromatic nitrogens is 2. The highest BCUT2D eigenvalue weighted by Gasteiger charge is 2.62. The number of nitrogens with zero attached hydrogens (tertiary/aromatic N) is 2. The Morgan fingerprint density at radius 2 is 2.26 bits per heavy atom. The van der Waals surface area contributed by atoms with E-state index in [0.717, 1.165) is 23.3 Å². The monoisotopic (exact) mass is 294 g/mol. The number of hydrogen-bond acceptors (Lipinski definition) is 1. The third-order valence-corrected chi connectivity index (χ3v) is 5.25. The van der Waals surface area contributed by atoms with Gasteiger partial charge in [-0.1, -0.05) is 11.6 Å². The lowest BCUT2D eigenvalue weighted by molar-refractivity contribution is 0.527. The van der Waals surface area contributed by atoms with Gasteiger partial charge in [0.2, 0.25) is 0 Å². The van der Waals surface area contributed by atoms with Gasteiger partial charge in [-0.05, 0) is 42.4 Å². The molecule has 1 aromatic heterocycles. The van der Waals surface area contributed by atoms with Gasteiger partial charge in [-0.3, -0.25) is 0 Å². The van der Waals surface area contributed by atoms with Crippen LogP contribution in [0.2, 0.25) is 5.02 Å². The molecule has 0 unspecified atom stereocenters. The van der Waals surface area contributed by atoms with Gasteiger partial charge in [0.05, 0.1) is 0 Å². The summed E-state index contributed by atoms with van der Waals surface area (Å²) in [6, 6.07) is 4.83. The molecule has 5 heteroatoms. The number of imidazole rings is 1. The van der Waals surface area contributed by atoms with Crippen molar-refractivity contribution in [2.24, 2.45) is 7.05 Å². The van der Waals surface area contributed by atoms with Crippen LogP contribution < -0.4 is 0 Å². The van der Waals surface area contributed by atoms with Crippen molar-refractivity contribution in [3.05, 3.63) is 51.3 Å². The molecule has 19 heavy (non-hydrogen) atoms. The Labute approximate surface area is 120 Å². The number of aryl methyl sites for hydroxylation is 1. The summed E-state index contributed by atoms with van der Waals surface area (Å²) in [6.07, 6.45) is 3.06. The Morgan fingerprint density at radius 3 is 3.00 bits per heavy atom. The van der Waals surface area contributed by atoms with Crippen molar-refractivity contribution in [2.45, 2.75) is 24.3 Å². The van der Waals surface area contributed by atoms with Gasteiger partial charge in [0.25, 0.3) is 0 Å². The molecule has 98 valence electrons. The number of rotatable bonds is 1. The van der Waals surface area contributed by atoms with Crippen molar-refractivity contribution in [3.63, 3.8) is 0 Å². The molecule has 2 heterocycles. The fraction of sp³-hybridized carbons (Fsp3) is 0.357. The minimum absolute atomic E-state index is 0.119. The average molecular weight is 295 g/mol. The summed E-state index contributed by atoms with van der Waals surface area (Å²) in [5.41, 5.74) is 1.85. The molecule has 2 nitrogen and oxygen atoms in total. The lowest BCUT2D eigenvalue weighted by Gasteiger charge is -2.14. The molecule has 0 saturated heterocycles. The van der Waals surface area contributed by atoms with Crippen LogP contribution in [0.15, 0.2) is 24.4 Å². The highest BCUT2D eigenvalue weighted by Crippen LogP contribution is 2.66. The van der Waals surface area contributed by atoms with Crippen LogP contribution in [0.1, 0.15) is 23.6 Å². The molecule has 0 N–H and O–H groups in total. The van der Waals surface area contributed by atoms with Crippen molar-refractivity contribution >= 4 is 23.8 Å². The topological polar surface area (TPSA) is 9.86 Å². The molecule has 1 aliphatic heterocycles. The van der Waals surface area contributed by atoms with E-state index in [0.29, 0.717) is 10.9 Å². The third kappa shape index (κ3) is 1.39. The van der Waals surface area contributed by atoms with Crippen LogP contribution in [-0.4, -0.2) is 9.13 Å². The van der Waals surface area contributed by atoms with E-state index < -0.39 is 0 Å². The minimum atomic E-state index is -0.159. The molecule has 2 aliphatic rings. The zero-order valence-corrected chi connectivity index (χ0v) is 11.9. The lowest BCUT2D eigenvalue weighted by Crippen LogP contribution is -2.15. The number of benzene rings is 1. The summed E-state index contributed by atoms with van der Waals surface area (Å²) in [7, 11) is 1.96. The van der Waals surface area contributed by atoms with Crippen LogP contribution in [0.4, 0.5) is 4.39 Å². The first-order valence-electron chi connectivity index (χ1n) is 6.24. The predicted molar refractivity (Wildman–Crippen MR) is 74.7 cm³/mol. The van der Waals surface area contributed by atoms with Gasteiger partial charge < -0.3 is 9.13 Å². The molecule has 1 saturated carbocycles. The Hall–Kier alpha value is -1.13. The Morgan fingerprint density at radius 1 is 1.47 bits per heavy atom. The smallest absolute Gasteiger partial charge is 0.179 e. The molecule has 2 aromatic rings. The van der Waals surface area contributed by atoms with Gasteiger partial charge >= 0.3 is 0 Å².